The second kappa shape index (κ2) is 8.05. The van der Waals surface area contributed by atoms with Crippen LogP contribution >= 0.6 is 27.7 Å². The molecule has 1 heterocycles. The van der Waals surface area contributed by atoms with Crippen LogP contribution in [0.25, 0.3) is 0 Å². The van der Waals surface area contributed by atoms with E-state index in [-0.39, 0.29) is 0 Å². The number of halogens is 1. The van der Waals surface area contributed by atoms with Crippen LogP contribution in [0.15, 0.2) is 23.1 Å². The summed E-state index contributed by atoms with van der Waals surface area (Å²) in [4.78, 5) is 1.27. The normalized spacial score (nSPS) is 15.9. The van der Waals surface area contributed by atoms with Gasteiger partial charge in [0, 0.05) is 22.4 Å². The van der Waals surface area contributed by atoms with Gasteiger partial charge in [-0.1, -0.05) is 29.3 Å². The number of ether oxygens (including phenoxy) is 2. The maximum Gasteiger partial charge on any atom is 0.162 e. The Kier molecular flexibility index (Phi) is 6.38. The van der Waals surface area contributed by atoms with Gasteiger partial charge in [-0.25, -0.2) is 0 Å². The lowest BCUT2D eigenvalue weighted by Crippen LogP contribution is -2.04. The minimum Gasteiger partial charge on any atom is -0.490 e. The molecular weight excluding hydrogens is 324 g/mol. The topological polar surface area (TPSA) is 18.5 Å². The Bertz CT molecular complexity index is 398. The maximum atomic E-state index is 5.72. The lowest BCUT2D eigenvalue weighted by Gasteiger charge is -2.13. The molecule has 1 aromatic rings. The number of fused-ring (bicyclic) bond motifs is 1. The molecule has 0 saturated heterocycles. The Hall–Kier alpha value is -0.350. The van der Waals surface area contributed by atoms with Gasteiger partial charge in [0.2, 0.25) is 0 Å². The molecule has 0 fully saturated rings. The monoisotopic (exact) mass is 344 g/mol. The molecule has 1 aliphatic heterocycles. The Labute approximate surface area is 128 Å². The molecule has 0 aromatic heterocycles. The molecule has 2 rings (SSSR count). The van der Waals surface area contributed by atoms with Crippen LogP contribution in [-0.2, 0) is 0 Å². The van der Waals surface area contributed by atoms with Gasteiger partial charge >= 0.3 is 0 Å². The van der Waals surface area contributed by atoms with Crippen molar-refractivity contribution in [2.75, 3.05) is 24.3 Å². The van der Waals surface area contributed by atoms with Gasteiger partial charge in [0.05, 0.1) is 13.2 Å². The number of hydrogen-bond acceptors (Lipinski definition) is 3. The number of hydrogen-bond donors (Lipinski definition) is 0. The molecule has 0 bridgehead atoms. The molecule has 1 atom stereocenters. The van der Waals surface area contributed by atoms with Gasteiger partial charge in [-0.2, -0.15) is 0 Å². The Balaban J connectivity index is 1.95. The molecule has 0 radical (unpaired) electrons. The minimum atomic E-state index is 0.742. The first-order valence-electron chi connectivity index (χ1n) is 6.92. The van der Waals surface area contributed by atoms with E-state index in [1.54, 1.807) is 0 Å². The summed E-state index contributed by atoms with van der Waals surface area (Å²) in [6, 6.07) is 6.28. The largest absolute Gasteiger partial charge is 0.490 e. The van der Waals surface area contributed by atoms with E-state index >= 15 is 0 Å². The number of thioether (sulfide) groups is 1. The van der Waals surface area contributed by atoms with Crippen LogP contribution in [0, 0.1) is 5.92 Å². The molecule has 1 aliphatic rings. The molecule has 0 aliphatic carbocycles. The predicted molar refractivity (Wildman–Crippen MR) is 85.0 cm³/mol. The van der Waals surface area contributed by atoms with Crippen molar-refractivity contribution in [3.05, 3.63) is 18.2 Å². The minimum absolute atomic E-state index is 0.742. The number of alkyl halides is 1. The van der Waals surface area contributed by atoms with Crippen LogP contribution in [0.1, 0.15) is 26.2 Å². The molecule has 4 heteroatoms. The first kappa shape index (κ1) is 15.0. The van der Waals surface area contributed by atoms with E-state index in [1.165, 1.54) is 17.7 Å². The van der Waals surface area contributed by atoms with Crippen molar-refractivity contribution >= 4 is 27.7 Å². The molecule has 1 aromatic carbocycles. The molecule has 0 spiro atoms. The van der Waals surface area contributed by atoms with Crippen molar-refractivity contribution in [1.29, 1.82) is 0 Å². The quantitative estimate of drug-likeness (QED) is 0.547. The van der Waals surface area contributed by atoms with Crippen LogP contribution in [0.5, 0.6) is 11.5 Å². The summed E-state index contributed by atoms with van der Waals surface area (Å²) in [6.45, 7) is 3.75. The Morgan fingerprint density at radius 3 is 2.79 bits per heavy atom. The third-order valence-electron chi connectivity index (χ3n) is 3.12. The van der Waals surface area contributed by atoms with Crippen LogP contribution in [0.4, 0.5) is 0 Å². The van der Waals surface area contributed by atoms with E-state index in [1.807, 2.05) is 17.8 Å². The maximum absolute atomic E-state index is 5.72. The average molecular weight is 345 g/mol. The summed E-state index contributed by atoms with van der Waals surface area (Å²) in [5.41, 5.74) is 0. The molecule has 1 unspecified atom stereocenters. The first-order chi connectivity index (χ1) is 9.33. The van der Waals surface area contributed by atoms with E-state index in [0.29, 0.717) is 0 Å². The van der Waals surface area contributed by atoms with E-state index in [0.717, 1.165) is 48.1 Å². The zero-order valence-electron chi connectivity index (χ0n) is 11.4. The first-order valence-corrected chi connectivity index (χ1v) is 9.02. The van der Waals surface area contributed by atoms with Crippen molar-refractivity contribution in [3.63, 3.8) is 0 Å². The van der Waals surface area contributed by atoms with Gasteiger partial charge in [0.1, 0.15) is 0 Å². The third-order valence-corrected chi connectivity index (χ3v) is 5.26. The highest BCUT2D eigenvalue weighted by Crippen LogP contribution is 2.34. The lowest BCUT2D eigenvalue weighted by molar-refractivity contribution is 0.297. The molecular formula is C15H21BrO2S. The highest BCUT2D eigenvalue weighted by molar-refractivity contribution is 9.09. The van der Waals surface area contributed by atoms with Gasteiger partial charge < -0.3 is 9.47 Å². The van der Waals surface area contributed by atoms with Gasteiger partial charge in [0.25, 0.3) is 0 Å². The summed E-state index contributed by atoms with van der Waals surface area (Å²) in [6.07, 6.45) is 3.49. The number of rotatable bonds is 6. The van der Waals surface area contributed by atoms with E-state index in [9.17, 15) is 0 Å². The SMILES string of the molecule is CCCC(CBr)CSc1ccc2c(c1)OCCCO2. The average Bonchev–Trinajstić information content (AvgIpc) is 2.68. The molecule has 0 amide bonds. The van der Waals surface area contributed by atoms with Crippen molar-refractivity contribution in [1.82, 2.24) is 0 Å². The fourth-order valence-electron chi connectivity index (χ4n) is 2.06. The number of benzene rings is 1. The zero-order valence-corrected chi connectivity index (χ0v) is 13.8. The fraction of sp³-hybridized carbons (Fsp3) is 0.600. The molecule has 106 valence electrons. The van der Waals surface area contributed by atoms with Crippen LogP contribution in [0.3, 0.4) is 0 Å². The van der Waals surface area contributed by atoms with E-state index in [4.69, 9.17) is 9.47 Å². The lowest BCUT2D eigenvalue weighted by atomic mass is 10.1. The smallest absolute Gasteiger partial charge is 0.162 e. The van der Waals surface area contributed by atoms with Crippen molar-refractivity contribution in [2.24, 2.45) is 5.92 Å². The van der Waals surface area contributed by atoms with Crippen molar-refractivity contribution in [2.45, 2.75) is 31.1 Å². The third kappa shape index (κ3) is 4.60. The van der Waals surface area contributed by atoms with Gasteiger partial charge in [-0.05, 0) is 30.5 Å². The second-order valence-electron chi connectivity index (χ2n) is 4.78. The standard InChI is InChI=1S/C15H21BrO2S/c1-2-4-12(10-16)11-19-13-5-6-14-15(9-13)18-8-3-7-17-14/h5-6,9,12H,2-4,7-8,10-11H2,1H3. The molecule has 0 N–H and O–H groups in total. The van der Waals surface area contributed by atoms with E-state index in [2.05, 4.69) is 35.0 Å². The Morgan fingerprint density at radius 2 is 2.05 bits per heavy atom. The fourth-order valence-corrected chi connectivity index (χ4v) is 3.98. The van der Waals surface area contributed by atoms with Crippen LogP contribution in [-0.4, -0.2) is 24.3 Å². The summed E-state index contributed by atoms with van der Waals surface area (Å²) < 4.78 is 11.4. The van der Waals surface area contributed by atoms with Crippen molar-refractivity contribution < 1.29 is 9.47 Å². The highest BCUT2D eigenvalue weighted by atomic mass is 79.9. The highest BCUT2D eigenvalue weighted by Gasteiger charge is 2.12. The summed E-state index contributed by atoms with van der Waals surface area (Å²) >= 11 is 5.51. The molecule has 19 heavy (non-hydrogen) atoms. The van der Waals surface area contributed by atoms with Crippen LogP contribution < -0.4 is 9.47 Å². The van der Waals surface area contributed by atoms with Gasteiger partial charge in [-0.3, -0.25) is 0 Å². The summed E-state index contributed by atoms with van der Waals surface area (Å²) in [5, 5.41) is 1.08. The molecule has 0 saturated carbocycles. The van der Waals surface area contributed by atoms with E-state index < -0.39 is 0 Å². The van der Waals surface area contributed by atoms with Crippen molar-refractivity contribution in [3.8, 4) is 11.5 Å². The Morgan fingerprint density at radius 1 is 1.26 bits per heavy atom. The summed E-state index contributed by atoms with van der Waals surface area (Å²) in [5.74, 6) is 3.67. The van der Waals surface area contributed by atoms with Crippen LogP contribution in [0.2, 0.25) is 0 Å². The second-order valence-corrected chi connectivity index (χ2v) is 6.52. The summed E-state index contributed by atoms with van der Waals surface area (Å²) in [7, 11) is 0. The molecule has 2 nitrogen and oxygen atoms in total. The predicted octanol–water partition coefficient (Wildman–Crippen LogP) is 4.75. The van der Waals surface area contributed by atoms with Gasteiger partial charge in [-0.15, -0.1) is 11.8 Å². The zero-order chi connectivity index (χ0) is 13.5. The van der Waals surface area contributed by atoms with Gasteiger partial charge in [0.15, 0.2) is 11.5 Å².